The van der Waals surface area contributed by atoms with Crippen molar-refractivity contribution in [2.24, 2.45) is 11.7 Å². The quantitative estimate of drug-likeness (QED) is 0.142. The summed E-state index contributed by atoms with van der Waals surface area (Å²) in [7, 11) is 0. The second-order valence-corrected chi connectivity index (χ2v) is 4.29. The first kappa shape index (κ1) is 12.6. The molecule has 0 bridgehead atoms. The largest absolute Gasteiger partial charge is 0.294 e. The van der Waals surface area contributed by atoms with E-state index in [1.807, 2.05) is 10.9 Å². The molecule has 0 aliphatic carbocycles. The van der Waals surface area contributed by atoms with Crippen LogP contribution in [0.5, 0.6) is 0 Å². The number of amides is 2. The Kier molecular flexibility index (Phi) is 7.90. The van der Waals surface area contributed by atoms with Crippen LogP contribution >= 0.6 is 23.5 Å². The average Bonchev–Trinajstić information content (AvgIpc) is 2.16. The summed E-state index contributed by atoms with van der Waals surface area (Å²) in [4.78, 5) is 21.2. The molecule has 76 valence electrons. The Morgan fingerprint density at radius 3 is 1.69 bits per heavy atom. The van der Waals surface area contributed by atoms with Gasteiger partial charge in [-0.05, 0) is 0 Å². The van der Waals surface area contributed by atoms with Crippen LogP contribution in [-0.4, -0.2) is 28.4 Å². The number of hydrogen-bond donors (Lipinski definition) is 4. The van der Waals surface area contributed by atoms with Crippen molar-refractivity contribution in [1.82, 2.24) is 10.9 Å². The summed E-state index contributed by atoms with van der Waals surface area (Å²) in [6.45, 7) is 0. The summed E-state index contributed by atoms with van der Waals surface area (Å²) in [6.07, 6.45) is 0. The van der Waals surface area contributed by atoms with Crippen LogP contribution in [0.15, 0.2) is 0 Å². The number of hydrogen-bond acceptors (Lipinski definition) is 6. The lowest BCUT2D eigenvalue weighted by atomic mass is 10.8. The lowest BCUT2D eigenvalue weighted by molar-refractivity contribution is -0.119. The molecule has 0 unspecified atom stereocenters. The second kappa shape index (κ2) is 8.17. The summed E-state index contributed by atoms with van der Waals surface area (Å²) >= 11 is 2.78. The molecule has 0 atom stereocenters. The average molecular weight is 224 g/mol. The molecule has 13 heavy (non-hydrogen) atoms. The number of nitrogens with one attached hydrogen (secondary N) is 2. The molecule has 0 spiro atoms. The first-order chi connectivity index (χ1) is 6.20. The third kappa shape index (κ3) is 7.91. The minimum absolute atomic E-state index is 0.228. The molecule has 0 aromatic heterocycles. The Balaban J connectivity index is 3.17. The van der Waals surface area contributed by atoms with Gasteiger partial charge in [-0.15, -0.1) is 23.5 Å². The van der Waals surface area contributed by atoms with Gasteiger partial charge in [0, 0.05) is 5.08 Å². The van der Waals surface area contributed by atoms with Crippen LogP contribution in [0.3, 0.4) is 0 Å². The standard InChI is InChI=1S/C5H12N4O2S2/c6-8-4(10)1-12-3-13-2-5(11)9-7/h1-3,6-7H2,(H,8,10)(H,9,11). The molecule has 2 amide bonds. The van der Waals surface area contributed by atoms with Gasteiger partial charge in [0.25, 0.3) is 0 Å². The van der Waals surface area contributed by atoms with E-state index < -0.39 is 0 Å². The van der Waals surface area contributed by atoms with Crippen molar-refractivity contribution in [3.8, 4) is 0 Å². The Bertz CT molecular complexity index is 160. The molecule has 0 aliphatic rings. The molecule has 0 radical (unpaired) electrons. The van der Waals surface area contributed by atoms with Crippen molar-refractivity contribution >= 4 is 35.3 Å². The first-order valence-electron chi connectivity index (χ1n) is 3.35. The Hall–Kier alpha value is -0.440. The smallest absolute Gasteiger partial charge is 0.243 e. The number of carbonyl (C=O) groups is 2. The van der Waals surface area contributed by atoms with Crippen LogP contribution < -0.4 is 22.5 Å². The zero-order chi connectivity index (χ0) is 10.1. The molecular formula is C5H12N4O2S2. The topological polar surface area (TPSA) is 110 Å². The van der Waals surface area contributed by atoms with Gasteiger partial charge in [-0.2, -0.15) is 0 Å². The van der Waals surface area contributed by atoms with Crippen LogP contribution in [0.2, 0.25) is 0 Å². The predicted molar refractivity (Wildman–Crippen MR) is 54.4 cm³/mol. The van der Waals surface area contributed by atoms with Gasteiger partial charge in [0.2, 0.25) is 11.8 Å². The SMILES string of the molecule is NNC(=O)CSCSCC(=O)NN. The van der Waals surface area contributed by atoms with Gasteiger partial charge >= 0.3 is 0 Å². The molecule has 6 nitrogen and oxygen atoms in total. The molecule has 0 saturated heterocycles. The van der Waals surface area contributed by atoms with E-state index in [1.165, 1.54) is 23.5 Å². The highest BCUT2D eigenvalue weighted by atomic mass is 32.2. The second-order valence-electron chi connectivity index (χ2n) is 1.95. The van der Waals surface area contributed by atoms with Crippen molar-refractivity contribution in [3.63, 3.8) is 0 Å². The first-order valence-corrected chi connectivity index (χ1v) is 5.66. The van der Waals surface area contributed by atoms with E-state index in [-0.39, 0.29) is 11.8 Å². The zero-order valence-corrected chi connectivity index (χ0v) is 8.54. The van der Waals surface area contributed by atoms with E-state index in [4.69, 9.17) is 11.7 Å². The van der Waals surface area contributed by atoms with Crippen LogP contribution in [-0.2, 0) is 9.59 Å². The van der Waals surface area contributed by atoms with Gasteiger partial charge in [0.15, 0.2) is 0 Å². The molecule has 0 saturated carbocycles. The van der Waals surface area contributed by atoms with E-state index in [0.29, 0.717) is 16.6 Å². The van der Waals surface area contributed by atoms with Gasteiger partial charge < -0.3 is 0 Å². The number of nitrogens with two attached hydrogens (primary N) is 2. The highest BCUT2D eigenvalue weighted by Crippen LogP contribution is 2.10. The van der Waals surface area contributed by atoms with Gasteiger partial charge in [-0.1, -0.05) is 0 Å². The molecule has 0 heterocycles. The monoisotopic (exact) mass is 224 g/mol. The van der Waals surface area contributed by atoms with E-state index in [9.17, 15) is 9.59 Å². The van der Waals surface area contributed by atoms with E-state index >= 15 is 0 Å². The third-order valence-corrected chi connectivity index (χ3v) is 3.22. The normalized spacial score (nSPS) is 9.38. The molecule has 0 aliphatic heterocycles. The molecule has 0 fully saturated rings. The lowest BCUT2D eigenvalue weighted by Crippen LogP contribution is -2.32. The molecule has 0 aromatic rings. The minimum Gasteiger partial charge on any atom is -0.294 e. The Morgan fingerprint density at radius 1 is 1.00 bits per heavy atom. The Morgan fingerprint density at radius 2 is 1.38 bits per heavy atom. The number of thioether (sulfide) groups is 2. The predicted octanol–water partition coefficient (Wildman–Crippen LogP) is -1.61. The van der Waals surface area contributed by atoms with Crippen molar-refractivity contribution in [1.29, 1.82) is 0 Å². The fraction of sp³-hybridized carbons (Fsp3) is 0.600. The number of rotatable bonds is 6. The molecule has 8 heteroatoms. The van der Waals surface area contributed by atoms with Crippen LogP contribution in [0, 0.1) is 0 Å². The third-order valence-electron chi connectivity index (χ3n) is 0.955. The lowest BCUT2D eigenvalue weighted by Gasteiger charge is -2.00. The molecule has 6 N–H and O–H groups in total. The maximum atomic E-state index is 10.6. The Labute approximate surface area is 84.5 Å². The fourth-order valence-corrected chi connectivity index (χ4v) is 2.09. The van der Waals surface area contributed by atoms with Gasteiger partial charge in [0.1, 0.15) is 0 Å². The van der Waals surface area contributed by atoms with Gasteiger partial charge in [-0.25, -0.2) is 11.7 Å². The molecule has 0 aromatic carbocycles. The highest BCUT2D eigenvalue weighted by molar-refractivity contribution is 8.16. The van der Waals surface area contributed by atoms with Crippen LogP contribution in [0.4, 0.5) is 0 Å². The summed E-state index contributed by atoms with van der Waals surface area (Å²) in [6, 6.07) is 0. The summed E-state index contributed by atoms with van der Waals surface area (Å²) in [5.41, 5.74) is 4.02. The minimum atomic E-state index is -0.228. The summed E-state index contributed by atoms with van der Waals surface area (Å²) < 4.78 is 0. The van der Waals surface area contributed by atoms with E-state index in [2.05, 4.69) is 0 Å². The summed E-state index contributed by atoms with van der Waals surface area (Å²) in [5, 5.41) is 0.654. The number of carbonyl (C=O) groups excluding carboxylic acids is 2. The highest BCUT2D eigenvalue weighted by Gasteiger charge is 2.00. The maximum absolute atomic E-state index is 10.6. The van der Waals surface area contributed by atoms with Crippen molar-refractivity contribution < 1.29 is 9.59 Å². The van der Waals surface area contributed by atoms with Crippen molar-refractivity contribution in [2.45, 2.75) is 0 Å². The maximum Gasteiger partial charge on any atom is 0.243 e. The van der Waals surface area contributed by atoms with Crippen LogP contribution in [0.25, 0.3) is 0 Å². The molecular weight excluding hydrogens is 212 g/mol. The van der Waals surface area contributed by atoms with Gasteiger partial charge in [0.05, 0.1) is 11.5 Å². The zero-order valence-electron chi connectivity index (χ0n) is 6.91. The van der Waals surface area contributed by atoms with Crippen molar-refractivity contribution in [3.05, 3.63) is 0 Å². The summed E-state index contributed by atoms with van der Waals surface area (Å²) in [5.74, 6) is 9.86. The van der Waals surface area contributed by atoms with Gasteiger partial charge in [-0.3, -0.25) is 20.4 Å². The van der Waals surface area contributed by atoms with E-state index in [1.54, 1.807) is 0 Å². The van der Waals surface area contributed by atoms with Crippen molar-refractivity contribution in [2.75, 3.05) is 16.6 Å². The van der Waals surface area contributed by atoms with E-state index in [0.717, 1.165) is 0 Å². The fourth-order valence-electron chi connectivity index (χ4n) is 0.411. The number of hydrazine groups is 2. The van der Waals surface area contributed by atoms with Crippen LogP contribution in [0.1, 0.15) is 0 Å². The molecule has 0 rings (SSSR count).